The topological polar surface area (TPSA) is 81.9 Å². The summed E-state index contributed by atoms with van der Waals surface area (Å²) in [5.41, 5.74) is 6.01. The highest BCUT2D eigenvalue weighted by atomic mass is 32.2. The molecule has 1 fully saturated rings. The maximum absolute atomic E-state index is 11.5. The largest absolute Gasteiger partial charge is 0.354 e. The number of nitrogens with zero attached hydrogens (tertiary/aromatic N) is 1. The van der Waals surface area contributed by atoms with E-state index in [2.05, 4.69) is 0 Å². The van der Waals surface area contributed by atoms with Crippen LogP contribution in [0.3, 0.4) is 0 Å². The molecule has 1 saturated heterocycles. The Hall–Kier alpha value is -0.210. The van der Waals surface area contributed by atoms with Crippen LogP contribution in [-0.4, -0.2) is 58.6 Å². The van der Waals surface area contributed by atoms with Crippen molar-refractivity contribution < 1.29 is 17.9 Å². The monoisotopic (exact) mass is 280 g/mol. The van der Waals surface area contributed by atoms with Crippen molar-refractivity contribution in [3.63, 3.8) is 0 Å². The third-order valence-corrected chi connectivity index (χ3v) is 4.64. The molecule has 108 valence electrons. The number of hydrogen-bond acceptors (Lipinski definition) is 5. The molecular formula is C11H24N2O4S. The molecule has 0 bridgehead atoms. The average molecular weight is 280 g/mol. The standard InChI is InChI=1S/C11H24N2O4S/c1-16-11(17-2)10(12)7-9-5-4-6-13(8-9)18(3,14)15/h9-11H,4-8,12H2,1-3H3. The lowest BCUT2D eigenvalue weighted by Gasteiger charge is -2.33. The molecule has 7 heteroatoms. The third-order valence-electron chi connectivity index (χ3n) is 3.37. The molecule has 2 N–H and O–H groups in total. The fraction of sp³-hybridized carbons (Fsp3) is 1.00. The lowest BCUT2D eigenvalue weighted by Crippen LogP contribution is -2.44. The molecule has 0 aromatic rings. The molecule has 6 nitrogen and oxygen atoms in total. The predicted molar refractivity (Wildman–Crippen MR) is 69.5 cm³/mol. The van der Waals surface area contributed by atoms with Crippen molar-refractivity contribution >= 4 is 10.0 Å². The van der Waals surface area contributed by atoms with E-state index < -0.39 is 16.3 Å². The molecule has 0 saturated carbocycles. The van der Waals surface area contributed by atoms with Gasteiger partial charge in [-0.05, 0) is 25.2 Å². The van der Waals surface area contributed by atoms with Crippen molar-refractivity contribution in [2.75, 3.05) is 33.6 Å². The molecule has 0 aromatic carbocycles. The summed E-state index contributed by atoms with van der Waals surface area (Å²) in [6, 6.07) is -0.232. The fourth-order valence-corrected chi connectivity index (χ4v) is 3.40. The molecule has 0 amide bonds. The molecule has 2 unspecified atom stereocenters. The Balaban J connectivity index is 2.52. The van der Waals surface area contributed by atoms with Gasteiger partial charge in [0.2, 0.25) is 10.0 Å². The van der Waals surface area contributed by atoms with Gasteiger partial charge >= 0.3 is 0 Å². The number of ether oxygens (including phenoxy) is 2. The lowest BCUT2D eigenvalue weighted by molar-refractivity contribution is -0.119. The number of sulfonamides is 1. The summed E-state index contributed by atoms with van der Waals surface area (Å²) in [5, 5.41) is 0. The van der Waals surface area contributed by atoms with Gasteiger partial charge < -0.3 is 15.2 Å². The maximum atomic E-state index is 11.5. The predicted octanol–water partition coefficient (Wildman–Crippen LogP) is -0.00570. The molecule has 0 aromatic heterocycles. The first-order chi connectivity index (χ1) is 8.38. The van der Waals surface area contributed by atoms with E-state index in [1.165, 1.54) is 10.6 Å². The molecule has 1 rings (SSSR count). The van der Waals surface area contributed by atoms with Crippen LogP contribution in [0.15, 0.2) is 0 Å². The van der Waals surface area contributed by atoms with Gasteiger partial charge in [0.25, 0.3) is 0 Å². The highest BCUT2D eigenvalue weighted by molar-refractivity contribution is 7.88. The summed E-state index contributed by atoms with van der Waals surface area (Å²) in [4.78, 5) is 0. The first-order valence-corrected chi connectivity index (χ1v) is 7.99. The number of nitrogens with two attached hydrogens (primary N) is 1. The minimum atomic E-state index is -3.10. The Labute approximate surface area is 109 Å². The van der Waals surface area contributed by atoms with Gasteiger partial charge in [-0.15, -0.1) is 0 Å². The lowest BCUT2D eigenvalue weighted by atomic mass is 9.92. The van der Waals surface area contributed by atoms with Gasteiger partial charge in [-0.2, -0.15) is 0 Å². The first kappa shape index (κ1) is 15.8. The first-order valence-electron chi connectivity index (χ1n) is 6.14. The highest BCUT2D eigenvalue weighted by Gasteiger charge is 2.29. The number of piperidine rings is 1. The number of methoxy groups -OCH3 is 2. The SMILES string of the molecule is COC(OC)C(N)CC1CCCN(S(C)(=O)=O)C1. The van der Waals surface area contributed by atoms with Gasteiger partial charge in [-0.1, -0.05) is 0 Å². The van der Waals surface area contributed by atoms with Gasteiger partial charge in [0.05, 0.1) is 12.3 Å². The van der Waals surface area contributed by atoms with Crippen LogP contribution in [0.1, 0.15) is 19.3 Å². The Morgan fingerprint density at radius 3 is 2.50 bits per heavy atom. The van der Waals surface area contributed by atoms with Crippen LogP contribution < -0.4 is 5.73 Å². The number of hydrogen-bond donors (Lipinski definition) is 1. The van der Waals surface area contributed by atoms with Crippen molar-refractivity contribution in [1.29, 1.82) is 0 Å². The molecule has 2 atom stereocenters. The van der Waals surface area contributed by atoms with Crippen molar-refractivity contribution in [2.24, 2.45) is 11.7 Å². The van der Waals surface area contributed by atoms with Gasteiger partial charge in [0.15, 0.2) is 6.29 Å². The second-order valence-corrected chi connectivity index (χ2v) is 6.85. The van der Waals surface area contributed by atoms with E-state index in [9.17, 15) is 8.42 Å². The Morgan fingerprint density at radius 2 is 2.00 bits per heavy atom. The summed E-state index contributed by atoms with van der Waals surface area (Å²) >= 11 is 0. The minimum absolute atomic E-state index is 0.232. The summed E-state index contributed by atoms with van der Waals surface area (Å²) in [6.45, 7) is 1.16. The molecule has 1 aliphatic heterocycles. The molecular weight excluding hydrogens is 256 g/mol. The Morgan fingerprint density at radius 1 is 1.39 bits per heavy atom. The van der Waals surface area contributed by atoms with Crippen LogP contribution in [-0.2, 0) is 19.5 Å². The molecule has 0 aliphatic carbocycles. The molecule has 1 heterocycles. The van der Waals surface area contributed by atoms with E-state index in [1.54, 1.807) is 14.2 Å². The van der Waals surface area contributed by atoms with Crippen LogP contribution in [0.5, 0.6) is 0 Å². The zero-order chi connectivity index (χ0) is 13.8. The molecule has 1 aliphatic rings. The van der Waals surface area contributed by atoms with Gasteiger partial charge in [0, 0.05) is 27.3 Å². The van der Waals surface area contributed by atoms with E-state index in [4.69, 9.17) is 15.2 Å². The summed E-state index contributed by atoms with van der Waals surface area (Å²) < 4.78 is 34.8. The number of rotatable bonds is 6. The van der Waals surface area contributed by atoms with Crippen molar-refractivity contribution in [2.45, 2.75) is 31.6 Å². The van der Waals surface area contributed by atoms with E-state index in [-0.39, 0.29) is 12.0 Å². The van der Waals surface area contributed by atoms with Crippen LogP contribution in [0.4, 0.5) is 0 Å². The second kappa shape index (κ2) is 6.81. The molecule has 0 spiro atoms. The van der Waals surface area contributed by atoms with Gasteiger partial charge in [0.1, 0.15) is 0 Å². The van der Waals surface area contributed by atoms with E-state index in [0.29, 0.717) is 19.5 Å². The van der Waals surface area contributed by atoms with Gasteiger partial charge in [-0.3, -0.25) is 0 Å². The van der Waals surface area contributed by atoms with Crippen LogP contribution >= 0.6 is 0 Å². The molecule has 18 heavy (non-hydrogen) atoms. The fourth-order valence-electron chi connectivity index (χ4n) is 2.46. The van der Waals surface area contributed by atoms with E-state index >= 15 is 0 Å². The Kier molecular flexibility index (Phi) is 6.00. The van der Waals surface area contributed by atoms with E-state index in [1.807, 2.05) is 0 Å². The zero-order valence-electron chi connectivity index (χ0n) is 11.3. The second-order valence-electron chi connectivity index (χ2n) is 4.87. The quantitative estimate of drug-likeness (QED) is 0.692. The van der Waals surface area contributed by atoms with Crippen LogP contribution in [0, 0.1) is 5.92 Å². The summed E-state index contributed by atoms with van der Waals surface area (Å²) in [6.07, 6.45) is 3.41. The van der Waals surface area contributed by atoms with Crippen LogP contribution in [0.25, 0.3) is 0 Å². The van der Waals surface area contributed by atoms with Gasteiger partial charge in [-0.25, -0.2) is 12.7 Å². The Bertz CT molecular complexity index is 343. The van der Waals surface area contributed by atoms with Crippen LogP contribution in [0.2, 0.25) is 0 Å². The zero-order valence-corrected chi connectivity index (χ0v) is 12.1. The van der Waals surface area contributed by atoms with Crippen molar-refractivity contribution in [1.82, 2.24) is 4.31 Å². The van der Waals surface area contributed by atoms with E-state index in [0.717, 1.165) is 12.8 Å². The van der Waals surface area contributed by atoms with Crippen molar-refractivity contribution in [3.8, 4) is 0 Å². The summed E-state index contributed by atoms with van der Waals surface area (Å²) in [7, 11) is 0.0106. The summed E-state index contributed by atoms with van der Waals surface area (Å²) in [5.74, 6) is 0.274. The highest BCUT2D eigenvalue weighted by Crippen LogP contribution is 2.23. The minimum Gasteiger partial charge on any atom is -0.354 e. The average Bonchev–Trinajstić information content (AvgIpc) is 2.29. The van der Waals surface area contributed by atoms with Crippen molar-refractivity contribution in [3.05, 3.63) is 0 Å². The normalized spacial score (nSPS) is 24.4. The molecule has 0 radical (unpaired) electrons. The smallest absolute Gasteiger partial charge is 0.211 e. The third kappa shape index (κ3) is 4.47. The maximum Gasteiger partial charge on any atom is 0.211 e.